The van der Waals surface area contributed by atoms with Crippen LogP contribution in [0.5, 0.6) is 0 Å². The summed E-state index contributed by atoms with van der Waals surface area (Å²) in [6, 6.07) is 0. The lowest BCUT2D eigenvalue weighted by molar-refractivity contribution is -0.134. The fourth-order valence-corrected chi connectivity index (χ4v) is 1.81. The predicted octanol–water partition coefficient (Wildman–Crippen LogP) is 1.74. The SMILES string of the molecule is CCOCCC(=O)C1CCCCC1=O. The van der Waals surface area contributed by atoms with Crippen molar-refractivity contribution in [2.24, 2.45) is 5.92 Å². The number of ether oxygens (including phenoxy) is 1. The Hall–Kier alpha value is -0.700. The molecule has 1 atom stereocenters. The van der Waals surface area contributed by atoms with E-state index in [1.165, 1.54) is 0 Å². The summed E-state index contributed by atoms with van der Waals surface area (Å²) in [5.74, 6) is -0.106. The highest BCUT2D eigenvalue weighted by molar-refractivity contribution is 6.02. The summed E-state index contributed by atoms with van der Waals surface area (Å²) in [7, 11) is 0. The van der Waals surface area contributed by atoms with E-state index in [1.807, 2.05) is 6.92 Å². The molecule has 0 aromatic rings. The fourth-order valence-electron chi connectivity index (χ4n) is 1.81. The highest BCUT2D eigenvalue weighted by Crippen LogP contribution is 2.22. The zero-order valence-corrected chi connectivity index (χ0v) is 8.75. The summed E-state index contributed by atoms with van der Waals surface area (Å²) in [4.78, 5) is 23.0. The van der Waals surface area contributed by atoms with Crippen LogP contribution in [0.4, 0.5) is 0 Å². The summed E-state index contributed by atoms with van der Waals surface area (Å²) in [5.41, 5.74) is 0. The molecular formula is C11H18O3. The fraction of sp³-hybridized carbons (Fsp3) is 0.818. The van der Waals surface area contributed by atoms with Crippen molar-refractivity contribution >= 4 is 11.6 Å². The van der Waals surface area contributed by atoms with E-state index in [2.05, 4.69) is 0 Å². The number of carbonyl (C=O) groups is 2. The molecule has 0 aliphatic heterocycles. The second-order valence-corrected chi connectivity index (χ2v) is 3.68. The molecule has 3 heteroatoms. The number of Topliss-reactive ketones (excluding diaryl/α,β-unsaturated/α-hetero) is 2. The molecule has 1 unspecified atom stereocenters. The Morgan fingerprint density at radius 3 is 2.93 bits per heavy atom. The Balaban J connectivity index is 2.31. The molecule has 0 amide bonds. The van der Waals surface area contributed by atoms with Crippen molar-refractivity contribution in [1.29, 1.82) is 0 Å². The molecule has 80 valence electrons. The van der Waals surface area contributed by atoms with Gasteiger partial charge in [-0.15, -0.1) is 0 Å². The lowest BCUT2D eigenvalue weighted by Gasteiger charge is -2.18. The average molecular weight is 198 g/mol. The number of rotatable bonds is 5. The van der Waals surface area contributed by atoms with Crippen LogP contribution in [0.2, 0.25) is 0 Å². The van der Waals surface area contributed by atoms with Crippen molar-refractivity contribution in [3.63, 3.8) is 0 Å². The molecule has 1 aliphatic carbocycles. The molecule has 1 saturated carbocycles. The van der Waals surface area contributed by atoms with Crippen molar-refractivity contribution < 1.29 is 14.3 Å². The van der Waals surface area contributed by atoms with Crippen LogP contribution in [0.1, 0.15) is 39.0 Å². The second kappa shape index (κ2) is 5.91. The Labute approximate surface area is 84.8 Å². The van der Waals surface area contributed by atoms with Gasteiger partial charge in [0, 0.05) is 19.4 Å². The third-order valence-electron chi connectivity index (χ3n) is 2.64. The van der Waals surface area contributed by atoms with Crippen LogP contribution in [-0.4, -0.2) is 24.8 Å². The lowest BCUT2D eigenvalue weighted by atomic mass is 9.84. The summed E-state index contributed by atoms with van der Waals surface area (Å²) in [6.45, 7) is 2.99. The van der Waals surface area contributed by atoms with Gasteiger partial charge < -0.3 is 4.74 Å². The molecule has 0 heterocycles. The third-order valence-corrected chi connectivity index (χ3v) is 2.64. The van der Waals surface area contributed by atoms with E-state index in [1.54, 1.807) is 0 Å². The summed E-state index contributed by atoms with van der Waals surface area (Å²) < 4.78 is 5.10. The maximum absolute atomic E-state index is 11.6. The zero-order valence-electron chi connectivity index (χ0n) is 8.75. The van der Waals surface area contributed by atoms with Crippen LogP contribution >= 0.6 is 0 Å². The van der Waals surface area contributed by atoms with E-state index in [-0.39, 0.29) is 17.5 Å². The number of carbonyl (C=O) groups excluding carboxylic acids is 2. The quantitative estimate of drug-likeness (QED) is 0.499. The summed E-state index contributed by atoms with van der Waals surface area (Å²) in [5, 5.41) is 0. The first-order valence-electron chi connectivity index (χ1n) is 5.39. The molecule has 0 aromatic carbocycles. The molecule has 0 N–H and O–H groups in total. The van der Waals surface area contributed by atoms with E-state index < -0.39 is 0 Å². The van der Waals surface area contributed by atoms with Gasteiger partial charge in [0.2, 0.25) is 0 Å². The van der Waals surface area contributed by atoms with Crippen LogP contribution in [0.15, 0.2) is 0 Å². The minimum Gasteiger partial charge on any atom is -0.381 e. The predicted molar refractivity (Wildman–Crippen MR) is 53.1 cm³/mol. The van der Waals surface area contributed by atoms with Gasteiger partial charge in [0.1, 0.15) is 11.6 Å². The molecule has 1 fully saturated rings. The minimum absolute atomic E-state index is 0.0724. The Morgan fingerprint density at radius 2 is 2.29 bits per heavy atom. The van der Waals surface area contributed by atoms with Crippen molar-refractivity contribution in [2.75, 3.05) is 13.2 Å². The van der Waals surface area contributed by atoms with Gasteiger partial charge in [-0.2, -0.15) is 0 Å². The van der Waals surface area contributed by atoms with E-state index in [4.69, 9.17) is 4.74 Å². The largest absolute Gasteiger partial charge is 0.381 e. The topological polar surface area (TPSA) is 43.4 Å². The Kier molecular flexibility index (Phi) is 4.80. The van der Waals surface area contributed by atoms with Crippen LogP contribution in [0, 0.1) is 5.92 Å². The number of hydrogen-bond acceptors (Lipinski definition) is 3. The third kappa shape index (κ3) is 3.22. The highest BCUT2D eigenvalue weighted by Gasteiger charge is 2.27. The highest BCUT2D eigenvalue weighted by atomic mass is 16.5. The number of hydrogen-bond donors (Lipinski definition) is 0. The molecule has 0 aromatic heterocycles. The second-order valence-electron chi connectivity index (χ2n) is 3.68. The number of ketones is 2. The molecule has 14 heavy (non-hydrogen) atoms. The smallest absolute Gasteiger partial charge is 0.145 e. The molecule has 1 aliphatic rings. The Bertz CT molecular complexity index is 211. The van der Waals surface area contributed by atoms with E-state index in [0.29, 0.717) is 26.1 Å². The van der Waals surface area contributed by atoms with E-state index in [9.17, 15) is 9.59 Å². The lowest BCUT2D eigenvalue weighted by Crippen LogP contribution is -2.27. The molecular weight excluding hydrogens is 180 g/mol. The molecule has 0 saturated heterocycles. The van der Waals surface area contributed by atoms with Gasteiger partial charge in [-0.1, -0.05) is 6.42 Å². The Morgan fingerprint density at radius 1 is 1.50 bits per heavy atom. The standard InChI is InChI=1S/C11H18O3/c1-2-14-8-7-11(13)9-5-3-4-6-10(9)12/h9H,2-8H2,1H3. The van der Waals surface area contributed by atoms with Gasteiger partial charge in [-0.25, -0.2) is 0 Å². The van der Waals surface area contributed by atoms with Crippen molar-refractivity contribution in [3.05, 3.63) is 0 Å². The van der Waals surface area contributed by atoms with Crippen LogP contribution in [0.3, 0.4) is 0 Å². The molecule has 0 spiro atoms. The normalized spacial score (nSPS) is 22.4. The minimum atomic E-state index is -0.316. The zero-order chi connectivity index (χ0) is 10.4. The van der Waals surface area contributed by atoms with Gasteiger partial charge in [-0.3, -0.25) is 9.59 Å². The van der Waals surface area contributed by atoms with Gasteiger partial charge in [0.25, 0.3) is 0 Å². The van der Waals surface area contributed by atoms with E-state index >= 15 is 0 Å². The first kappa shape index (κ1) is 11.4. The molecule has 1 rings (SSSR count). The van der Waals surface area contributed by atoms with Gasteiger partial charge in [0.15, 0.2) is 0 Å². The van der Waals surface area contributed by atoms with Crippen LogP contribution < -0.4 is 0 Å². The maximum Gasteiger partial charge on any atom is 0.145 e. The first-order chi connectivity index (χ1) is 6.75. The first-order valence-corrected chi connectivity index (χ1v) is 5.39. The van der Waals surface area contributed by atoms with Gasteiger partial charge >= 0.3 is 0 Å². The monoisotopic (exact) mass is 198 g/mol. The van der Waals surface area contributed by atoms with Gasteiger partial charge in [-0.05, 0) is 19.8 Å². The molecule has 0 radical (unpaired) electrons. The van der Waals surface area contributed by atoms with Gasteiger partial charge in [0.05, 0.1) is 12.5 Å². The summed E-state index contributed by atoms with van der Waals surface area (Å²) in [6.07, 6.45) is 3.70. The van der Waals surface area contributed by atoms with Crippen LogP contribution in [-0.2, 0) is 14.3 Å². The van der Waals surface area contributed by atoms with Crippen LogP contribution in [0.25, 0.3) is 0 Å². The average Bonchev–Trinajstić information content (AvgIpc) is 2.18. The van der Waals surface area contributed by atoms with Crippen molar-refractivity contribution in [1.82, 2.24) is 0 Å². The molecule has 3 nitrogen and oxygen atoms in total. The summed E-state index contributed by atoms with van der Waals surface area (Å²) >= 11 is 0. The maximum atomic E-state index is 11.6. The van der Waals surface area contributed by atoms with Crippen molar-refractivity contribution in [3.8, 4) is 0 Å². The molecule has 0 bridgehead atoms. The van der Waals surface area contributed by atoms with E-state index in [0.717, 1.165) is 19.3 Å². The van der Waals surface area contributed by atoms with Crippen molar-refractivity contribution in [2.45, 2.75) is 39.0 Å².